The molecule has 0 unspecified atom stereocenters. The van der Waals surface area contributed by atoms with E-state index >= 15 is 0 Å². The summed E-state index contributed by atoms with van der Waals surface area (Å²) in [5, 5.41) is 5.51. The smallest absolute Gasteiger partial charge is 0.252 e. The van der Waals surface area contributed by atoms with Crippen molar-refractivity contribution in [3.63, 3.8) is 0 Å². The molecule has 0 atom stereocenters. The molecule has 0 fully saturated rings. The van der Waals surface area contributed by atoms with Gasteiger partial charge in [-0.3, -0.25) is 9.59 Å². The van der Waals surface area contributed by atoms with E-state index in [1.807, 2.05) is 30.3 Å². The molecule has 5 heteroatoms. The Balaban J connectivity index is 2.00. The number of hydrogen-bond acceptors (Lipinski definition) is 2. The van der Waals surface area contributed by atoms with Gasteiger partial charge in [-0.15, -0.1) is 0 Å². The van der Waals surface area contributed by atoms with Crippen LogP contribution >= 0.6 is 15.9 Å². The molecule has 0 aliphatic rings. The number of hydrogen-bond donors (Lipinski definition) is 2. The first kappa shape index (κ1) is 18.2. The van der Waals surface area contributed by atoms with Crippen molar-refractivity contribution in [1.29, 1.82) is 0 Å². The molecule has 0 spiro atoms. The van der Waals surface area contributed by atoms with Gasteiger partial charge in [0.05, 0.1) is 12.1 Å². The molecule has 0 heterocycles. The van der Waals surface area contributed by atoms with Crippen LogP contribution in [0.5, 0.6) is 0 Å². The van der Waals surface area contributed by atoms with E-state index in [1.54, 1.807) is 18.2 Å². The maximum Gasteiger partial charge on any atom is 0.252 e. The highest BCUT2D eigenvalue weighted by Gasteiger charge is 2.18. The molecule has 2 N–H and O–H groups in total. The van der Waals surface area contributed by atoms with E-state index in [0.29, 0.717) is 10.0 Å². The molecule has 0 bridgehead atoms. The molecule has 0 saturated carbocycles. The zero-order valence-electron chi connectivity index (χ0n) is 14.0. The molecule has 0 aromatic heterocycles. The zero-order valence-corrected chi connectivity index (χ0v) is 15.6. The third-order valence-electron chi connectivity index (χ3n) is 3.54. The maximum atomic E-state index is 12.2. The van der Waals surface area contributed by atoms with Gasteiger partial charge in [0.15, 0.2) is 0 Å². The lowest BCUT2D eigenvalue weighted by Crippen LogP contribution is -2.33. The van der Waals surface area contributed by atoms with E-state index in [-0.39, 0.29) is 23.8 Å². The fourth-order valence-corrected chi connectivity index (χ4v) is 2.81. The Morgan fingerprint density at radius 1 is 1.00 bits per heavy atom. The highest BCUT2D eigenvalue weighted by Crippen LogP contribution is 2.29. The van der Waals surface area contributed by atoms with E-state index in [9.17, 15) is 9.59 Å². The zero-order chi connectivity index (χ0) is 17.7. The Kier molecular flexibility index (Phi) is 5.78. The Hall–Kier alpha value is -2.14. The molecule has 126 valence electrons. The minimum atomic E-state index is -0.290. The molecule has 2 aromatic rings. The number of nitrogens with one attached hydrogen (secondary N) is 2. The van der Waals surface area contributed by atoms with Gasteiger partial charge in [-0.2, -0.15) is 0 Å². The largest absolute Gasteiger partial charge is 0.343 e. The summed E-state index contributed by atoms with van der Waals surface area (Å²) in [4.78, 5) is 24.3. The van der Waals surface area contributed by atoms with Crippen LogP contribution in [0.25, 0.3) is 0 Å². The number of rotatable bonds is 4. The van der Waals surface area contributed by atoms with Crippen LogP contribution in [0, 0.1) is 0 Å². The predicted molar refractivity (Wildman–Crippen MR) is 100 cm³/mol. The van der Waals surface area contributed by atoms with Crippen LogP contribution in [0.15, 0.2) is 53.0 Å². The molecule has 2 amide bonds. The SMILES string of the molecule is CC(C)(C)c1ccccc1NC(=O)CNC(=O)c1ccccc1Br. The molecule has 0 saturated heterocycles. The van der Waals surface area contributed by atoms with Crippen molar-refractivity contribution in [2.45, 2.75) is 26.2 Å². The molecule has 0 aliphatic heterocycles. The Labute approximate surface area is 150 Å². The number of para-hydroxylation sites is 1. The molecule has 24 heavy (non-hydrogen) atoms. The van der Waals surface area contributed by atoms with Crippen molar-refractivity contribution >= 4 is 33.4 Å². The van der Waals surface area contributed by atoms with Crippen molar-refractivity contribution in [3.8, 4) is 0 Å². The highest BCUT2D eigenvalue weighted by molar-refractivity contribution is 9.10. The van der Waals surface area contributed by atoms with Gasteiger partial charge in [0, 0.05) is 10.2 Å². The van der Waals surface area contributed by atoms with Gasteiger partial charge in [-0.1, -0.05) is 51.1 Å². The Morgan fingerprint density at radius 2 is 1.62 bits per heavy atom. The molecule has 0 aliphatic carbocycles. The molecule has 2 aromatic carbocycles. The van der Waals surface area contributed by atoms with Gasteiger partial charge in [0.25, 0.3) is 5.91 Å². The van der Waals surface area contributed by atoms with Crippen LogP contribution < -0.4 is 10.6 Å². The van der Waals surface area contributed by atoms with E-state index in [0.717, 1.165) is 11.3 Å². The number of amides is 2. The summed E-state index contributed by atoms with van der Waals surface area (Å²) in [6.07, 6.45) is 0. The van der Waals surface area contributed by atoms with Crippen molar-refractivity contribution in [3.05, 3.63) is 64.1 Å². The summed E-state index contributed by atoms with van der Waals surface area (Å²) in [5.41, 5.74) is 2.24. The average Bonchev–Trinajstić information content (AvgIpc) is 2.52. The second kappa shape index (κ2) is 7.62. The van der Waals surface area contributed by atoms with Crippen LogP contribution in [-0.2, 0) is 10.2 Å². The van der Waals surface area contributed by atoms with Crippen LogP contribution in [0.4, 0.5) is 5.69 Å². The quantitative estimate of drug-likeness (QED) is 0.827. The van der Waals surface area contributed by atoms with E-state index < -0.39 is 0 Å². The molecule has 0 radical (unpaired) electrons. The van der Waals surface area contributed by atoms with E-state index in [4.69, 9.17) is 0 Å². The normalized spacial score (nSPS) is 11.0. The minimum absolute atomic E-state index is 0.0813. The molecular weight excluding hydrogens is 368 g/mol. The number of anilines is 1. The third-order valence-corrected chi connectivity index (χ3v) is 4.23. The first-order valence-corrected chi connectivity index (χ1v) is 8.50. The summed E-state index contributed by atoms with van der Waals surface area (Å²) in [6.45, 7) is 6.19. The summed E-state index contributed by atoms with van der Waals surface area (Å²) in [7, 11) is 0. The summed E-state index contributed by atoms with van der Waals surface area (Å²) >= 11 is 3.33. The average molecular weight is 389 g/mol. The second-order valence-corrected chi connectivity index (χ2v) is 7.36. The van der Waals surface area contributed by atoms with Gasteiger partial charge in [-0.05, 0) is 45.1 Å². The van der Waals surface area contributed by atoms with Crippen LogP contribution in [-0.4, -0.2) is 18.4 Å². The minimum Gasteiger partial charge on any atom is -0.343 e. The fraction of sp³-hybridized carbons (Fsp3) is 0.263. The predicted octanol–water partition coefficient (Wildman–Crippen LogP) is 4.12. The standard InChI is InChI=1S/C19H21BrN2O2/c1-19(2,3)14-9-5-7-11-16(14)22-17(23)12-21-18(24)13-8-4-6-10-15(13)20/h4-11H,12H2,1-3H3,(H,21,24)(H,22,23). The van der Waals surface area contributed by atoms with Crippen LogP contribution in [0.3, 0.4) is 0 Å². The van der Waals surface area contributed by atoms with E-state index in [2.05, 4.69) is 47.3 Å². The van der Waals surface area contributed by atoms with Gasteiger partial charge >= 0.3 is 0 Å². The molecular formula is C19H21BrN2O2. The molecule has 2 rings (SSSR count). The first-order chi connectivity index (χ1) is 11.3. The van der Waals surface area contributed by atoms with Gasteiger partial charge in [0.1, 0.15) is 0 Å². The highest BCUT2D eigenvalue weighted by atomic mass is 79.9. The lowest BCUT2D eigenvalue weighted by molar-refractivity contribution is -0.115. The lowest BCUT2D eigenvalue weighted by atomic mass is 9.86. The number of benzene rings is 2. The summed E-state index contributed by atoms with van der Waals surface area (Å²) in [6, 6.07) is 14.8. The van der Waals surface area contributed by atoms with Gasteiger partial charge < -0.3 is 10.6 Å². The number of halogens is 1. The third kappa shape index (κ3) is 4.68. The fourth-order valence-electron chi connectivity index (χ4n) is 2.34. The lowest BCUT2D eigenvalue weighted by Gasteiger charge is -2.23. The first-order valence-electron chi connectivity index (χ1n) is 7.71. The van der Waals surface area contributed by atoms with E-state index in [1.165, 1.54) is 0 Å². The second-order valence-electron chi connectivity index (χ2n) is 6.51. The van der Waals surface area contributed by atoms with Crippen molar-refractivity contribution in [2.24, 2.45) is 0 Å². The Bertz CT molecular complexity index is 751. The topological polar surface area (TPSA) is 58.2 Å². The summed E-state index contributed by atoms with van der Waals surface area (Å²) < 4.78 is 0.695. The van der Waals surface area contributed by atoms with Crippen molar-refractivity contribution in [1.82, 2.24) is 5.32 Å². The van der Waals surface area contributed by atoms with Crippen LogP contribution in [0.1, 0.15) is 36.7 Å². The van der Waals surface area contributed by atoms with Crippen molar-refractivity contribution in [2.75, 3.05) is 11.9 Å². The van der Waals surface area contributed by atoms with Crippen LogP contribution in [0.2, 0.25) is 0 Å². The monoisotopic (exact) mass is 388 g/mol. The Morgan fingerprint density at radius 3 is 2.29 bits per heavy atom. The molecule has 4 nitrogen and oxygen atoms in total. The summed E-state index contributed by atoms with van der Waals surface area (Å²) in [5.74, 6) is -0.547. The van der Waals surface area contributed by atoms with Crippen molar-refractivity contribution < 1.29 is 9.59 Å². The maximum absolute atomic E-state index is 12.2. The number of carbonyl (C=O) groups excluding carboxylic acids is 2. The number of carbonyl (C=O) groups is 2. The van der Waals surface area contributed by atoms with Gasteiger partial charge in [-0.25, -0.2) is 0 Å². The van der Waals surface area contributed by atoms with Gasteiger partial charge in [0.2, 0.25) is 5.91 Å².